The van der Waals surface area contributed by atoms with Crippen LogP contribution in [0.1, 0.15) is 19.8 Å². The lowest BCUT2D eigenvalue weighted by molar-refractivity contribution is 0.179. The lowest BCUT2D eigenvalue weighted by atomic mass is 10.0. The molecule has 4 nitrogen and oxygen atoms in total. The molecule has 1 saturated heterocycles. The molecule has 2 rings (SSSR count). The molecule has 0 spiro atoms. The standard InChI is InChI=1S/C13H21N3OS/c1-2-5-14-12(11-4-8-17-9-11)10-18-13-15-6-3-7-16-13/h3,6-7,11-12,14H,2,4-5,8-10H2,1H3. The molecule has 0 bridgehead atoms. The highest BCUT2D eigenvalue weighted by molar-refractivity contribution is 7.99. The number of aromatic nitrogens is 2. The minimum absolute atomic E-state index is 0.501. The summed E-state index contributed by atoms with van der Waals surface area (Å²) in [6.07, 6.45) is 5.92. The van der Waals surface area contributed by atoms with Crippen molar-refractivity contribution in [3.63, 3.8) is 0 Å². The molecule has 1 aromatic rings. The number of nitrogens with zero attached hydrogens (tertiary/aromatic N) is 2. The molecular formula is C13H21N3OS. The topological polar surface area (TPSA) is 47.0 Å². The molecular weight excluding hydrogens is 246 g/mol. The van der Waals surface area contributed by atoms with Gasteiger partial charge in [-0.2, -0.15) is 0 Å². The molecule has 1 fully saturated rings. The summed E-state index contributed by atoms with van der Waals surface area (Å²) < 4.78 is 5.49. The highest BCUT2D eigenvalue weighted by atomic mass is 32.2. The van der Waals surface area contributed by atoms with Crippen LogP contribution in [0.3, 0.4) is 0 Å². The van der Waals surface area contributed by atoms with Crippen LogP contribution in [0.2, 0.25) is 0 Å². The third-order valence-corrected chi connectivity index (χ3v) is 4.12. The van der Waals surface area contributed by atoms with E-state index in [1.807, 2.05) is 6.07 Å². The van der Waals surface area contributed by atoms with Crippen molar-refractivity contribution in [2.24, 2.45) is 5.92 Å². The lowest BCUT2D eigenvalue weighted by Gasteiger charge is -2.23. The van der Waals surface area contributed by atoms with Crippen LogP contribution in [0, 0.1) is 5.92 Å². The zero-order valence-electron chi connectivity index (χ0n) is 10.8. The summed E-state index contributed by atoms with van der Waals surface area (Å²) in [6, 6.07) is 2.35. The van der Waals surface area contributed by atoms with Crippen LogP contribution in [-0.4, -0.2) is 41.5 Å². The normalized spacial score (nSPS) is 21.1. The third-order valence-electron chi connectivity index (χ3n) is 3.12. The summed E-state index contributed by atoms with van der Waals surface area (Å²) in [5.74, 6) is 1.64. The zero-order valence-corrected chi connectivity index (χ0v) is 11.7. The molecule has 1 aliphatic heterocycles. The van der Waals surface area contributed by atoms with Gasteiger partial charge in [-0.05, 0) is 25.5 Å². The van der Waals surface area contributed by atoms with Gasteiger partial charge in [-0.15, -0.1) is 0 Å². The monoisotopic (exact) mass is 267 g/mol. The van der Waals surface area contributed by atoms with Gasteiger partial charge in [-0.25, -0.2) is 9.97 Å². The van der Waals surface area contributed by atoms with E-state index in [4.69, 9.17) is 4.74 Å². The predicted molar refractivity (Wildman–Crippen MR) is 73.8 cm³/mol. The van der Waals surface area contributed by atoms with Crippen molar-refractivity contribution in [1.82, 2.24) is 15.3 Å². The molecule has 1 N–H and O–H groups in total. The second-order valence-electron chi connectivity index (χ2n) is 4.53. The molecule has 1 aliphatic rings. The molecule has 0 amide bonds. The molecule has 5 heteroatoms. The molecule has 0 saturated carbocycles. The Morgan fingerprint density at radius 3 is 3.00 bits per heavy atom. The predicted octanol–water partition coefficient (Wildman–Crippen LogP) is 1.97. The maximum Gasteiger partial charge on any atom is 0.187 e. The van der Waals surface area contributed by atoms with Crippen LogP contribution in [0.5, 0.6) is 0 Å². The minimum atomic E-state index is 0.501. The largest absolute Gasteiger partial charge is 0.381 e. The molecule has 100 valence electrons. The van der Waals surface area contributed by atoms with Gasteiger partial charge in [0.2, 0.25) is 0 Å². The fourth-order valence-corrected chi connectivity index (χ4v) is 3.08. The van der Waals surface area contributed by atoms with E-state index in [1.165, 1.54) is 0 Å². The Kier molecular flexibility index (Phi) is 5.90. The average molecular weight is 267 g/mol. The SMILES string of the molecule is CCCNC(CSc1ncccn1)C1CCOC1. The summed E-state index contributed by atoms with van der Waals surface area (Å²) in [5, 5.41) is 4.49. The number of thioether (sulfide) groups is 1. The van der Waals surface area contributed by atoms with Gasteiger partial charge in [0.15, 0.2) is 5.16 Å². The van der Waals surface area contributed by atoms with Crippen LogP contribution in [0.4, 0.5) is 0 Å². The van der Waals surface area contributed by atoms with Crippen molar-refractivity contribution in [3.05, 3.63) is 18.5 Å². The second-order valence-corrected chi connectivity index (χ2v) is 5.51. The maximum atomic E-state index is 5.49. The highest BCUT2D eigenvalue weighted by Gasteiger charge is 2.25. The van der Waals surface area contributed by atoms with E-state index < -0.39 is 0 Å². The zero-order chi connectivity index (χ0) is 12.6. The molecule has 0 aliphatic carbocycles. The second kappa shape index (κ2) is 7.71. The first kappa shape index (κ1) is 13.8. The molecule has 1 aromatic heterocycles. The maximum absolute atomic E-state index is 5.49. The summed E-state index contributed by atoms with van der Waals surface area (Å²) in [5.41, 5.74) is 0. The van der Waals surface area contributed by atoms with E-state index in [0.717, 1.165) is 43.5 Å². The van der Waals surface area contributed by atoms with Gasteiger partial charge in [0.05, 0.1) is 6.61 Å². The lowest BCUT2D eigenvalue weighted by Crippen LogP contribution is -2.39. The Hall–Kier alpha value is -0.650. The molecule has 2 heterocycles. The van der Waals surface area contributed by atoms with E-state index >= 15 is 0 Å². The average Bonchev–Trinajstić information content (AvgIpc) is 2.94. The van der Waals surface area contributed by atoms with E-state index in [0.29, 0.717) is 12.0 Å². The van der Waals surface area contributed by atoms with Crippen LogP contribution < -0.4 is 5.32 Å². The number of hydrogen-bond donors (Lipinski definition) is 1. The van der Waals surface area contributed by atoms with Crippen molar-refractivity contribution >= 4 is 11.8 Å². The van der Waals surface area contributed by atoms with Crippen molar-refractivity contribution in [3.8, 4) is 0 Å². The summed E-state index contributed by atoms with van der Waals surface area (Å²) in [7, 11) is 0. The number of nitrogens with one attached hydrogen (secondary N) is 1. The summed E-state index contributed by atoms with van der Waals surface area (Å²) in [6.45, 7) is 5.05. The van der Waals surface area contributed by atoms with Gasteiger partial charge in [-0.3, -0.25) is 0 Å². The van der Waals surface area contributed by atoms with E-state index in [-0.39, 0.29) is 0 Å². The van der Waals surface area contributed by atoms with E-state index in [2.05, 4.69) is 22.2 Å². The van der Waals surface area contributed by atoms with Gasteiger partial charge >= 0.3 is 0 Å². The number of hydrogen-bond acceptors (Lipinski definition) is 5. The Morgan fingerprint density at radius 1 is 1.50 bits per heavy atom. The quantitative estimate of drug-likeness (QED) is 0.604. The van der Waals surface area contributed by atoms with Crippen molar-refractivity contribution in [1.29, 1.82) is 0 Å². The van der Waals surface area contributed by atoms with Gasteiger partial charge in [0.1, 0.15) is 0 Å². The van der Waals surface area contributed by atoms with Crippen LogP contribution >= 0.6 is 11.8 Å². The fourth-order valence-electron chi connectivity index (χ4n) is 2.09. The van der Waals surface area contributed by atoms with Gasteiger partial charge in [0.25, 0.3) is 0 Å². The van der Waals surface area contributed by atoms with E-state index in [9.17, 15) is 0 Å². The Balaban J connectivity index is 1.84. The number of rotatable bonds is 7. The third kappa shape index (κ3) is 4.23. The summed E-state index contributed by atoms with van der Waals surface area (Å²) in [4.78, 5) is 8.50. The summed E-state index contributed by atoms with van der Waals surface area (Å²) >= 11 is 1.73. The van der Waals surface area contributed by atoms with Crippen molar-refractivity contribution in [2.45, 2.75) is 31.0 Å². The van der Waals surface area contributed by atoms with Gasteiger partial charge in [0, 0.05) is 36.7 Å². The first-order valence-electron chi connectivity index (χ1n) is 6.61. The first-order chi connectivity index (χ1) is 8.90. The smallest absolute Gasteiger partial charge is 0.187 e. The van der Waals surface area contributed by atoms with E-state index in [1.54, 1.807) is 24.2 Å². The molecule has 2 unspecified atom stereocenters. The minimum Gasteiger partial charge on any atom is -0.381 e. The Bertz CT molecular complexity index is 330. The number of ether oxygens (including phenoxy) is 1. The first-order valence-corrected chi connectivity index (χ1v) is 7.59. The fraction of sp³-hybridized carbons (Fsp3) is 0.692. The van der Waals surface area contributed by atoms with Crippen LogP contribution in [0.25, 0.3) is 0 Å². The van der Waals surface area contributed by atoms with Crippen molar-refractivity contribution in [2.75, 3.05) is 25.5 Å². The molecule has 0 radical (unpaired) electrons. The van der Waals surface area contributed by atoms with Crippen LogP contribution in [0.15, 0.2) is 23.6 Å². The highest BCUT2D eigenvalue weighted by Crippen LogP contribution is 2.22. The molecule has 18 heavy (non-hydrogen) atoms. The van der Waals surface area contributed by atoms with Crippen LogP contribution in [-0.2, 0) is 4.74 Å². The van der Waals surface area contributed by atoms with Gasteiger partial charge < -0.3 is 10.1 Å². The Labute approximate surface area is 113 Å². The molecule has 2 atom stereocenters. The van der Waals surface area contributed by atoms with Gasteiger partial charge in [-0.1, -0.05) is 18.7 Å². The van der Waals surface area contributed by atoms with Crippen molar-refractivity contribution < 1.29 is 4.74 Å². The Morgan fingerprint density at radius 2 is 2.33 bits per heavy atom. The molecule has 0 aromatic carbocycles.